The van der Waals surface area contributed by atoms with Gasteiger partial charge in [-0.25, -0.2) is 4.58 Å². The normalized spacial score (nSPS) is 15.0. The molecule has 10 rings (SSSR count). The minimum Gasteiger partial charge on any atom is -0.423 e. The molecule has 3 aliphatic heterocycles. The lowest BCUT2D eigenvalue weighted by atomic mass is 9.76. The van der Waals surface area contributed by atoms with Gasteiger partial charge in [-0.3, -0.25) is 19.4 Å². The summed E-state index contributed by atoms with van der Waals surface area (Å²) < 4.78 is 13.8. The lowest BCUT2D eigenvalue weighted by Gasteiger charge is -2.38. The van der Waals surface area contributed by atoms with Crippen LogP contribution < -0.4 is 26.3 Å². The van der Waals surface area contributed by atoms with Crippen molar-refractivity contribution in [2.45, 2.75) is 92.0 Å². The Bertz CT molecular complexity index is 3620. The molecule has 418 valence electrons. The number of nitrogens with zero attached hydrogens (tertiary/aromatic N) is 4. The predicted molar refractivity (Wildman–Crippen MR) is 339 cm³/mol. The molecule has 0 bridgehead atoms. The molecule has 6 aromatic carbocycles. The average molecular weight is 1120 g/mol. The van der Waals surface area contributed by atoms with Gasteiger partial charge >= 0.3 is 14.2 Å². The van der Waals surface area contributed by atoms with Crippen molar-refractivity contribution in [2.75, 3.05) is 52.7 Å². The van der Waals surface area contributed by atoms with Crippen molar-refractivity contribution < 1.29 is 33.5 Å². The summed E-state index contributed by atoms with van der Waals surface area (Å²) in [4.78, 5) is 32.7. The molecular weight excluding hydrogens is 1040 g/mol. The third-order valence-corrected chi connectivity index (χ3v) is 20.3. The first kappa shape index (κ1) is 59.2. The molecule has 1 aliphatic carbocycles. The number of hydrogen-bond acceptors (Lipinski definition) is 9. The summed E-state index contributed by atoms with van der Waals surface area (Å²) in [7, 11) is 4.23. The highest BCUT2D eigenvalue weighted by atomic mass is 35.5. The van der Waals surface area contributed by atoms with Gasteiger partial charge in [0.05, 0.1) is 13.2 Å². The molecule has 0 spiro atoms. The number of ketones is 1. The minimum atomic E-state index is -2.25. The summed E-state index contributed by atoms with van der Waals surface area (Å²) in [6.07, 6.45) is 9.71. The van der Waals surface area contributed by atoms with Crippen LogP contribution in [0.3, 0.4) is 0 Å². The second-order valence-corrected chi connectivity index (χ2v) is 27.6. The fraction of sp³-hybridized carbons (Fsp3) is 0.318. The molecule has 1 amide bonds. The highest BCUT2D eigenvalue weighted by molar-refractivity contribution is 6.98. The number of amides is 1. The molecule has 4 aliphatic rings. The molecule has 3 heterocycles. The van der Waals surface area contributed by atoms with E-state index >= 15 is 0 Å². The number of Topliss-reactive ketones (excluding diaryl/α,β-unsaturated/α-hetero) is 1. The molecule has 0 unspecified atom stereocenters. The van der Waals surface area contributed by atoms with Crippen molar-refractivity contribution in [3.63, 3.8) is 0 Å². The zero-order valence-electron chi connectivity index (χ0n) is 48.5. The van der Waals surface area contributed by atoms with Gasteiger partial charge in [-0.2, -0.15) is 0 Å². The van der Waals surface area contributed by atoms with Gasteiger partial charge in [-0.05, 0) is 168 Å². The minimum absolute atomic E-state index is 0. The molecule has 0 radical (unpaired) electrons. The van der Waals surface area contributed by atoms with Gasteiger partial charge in [0.1, 0.15) is 22.2 Å². The maximum absolute atomic E-state index is 12.9. The first-order valence-corrected chi connectivity index (χ1v) is 31.2. The summed E-state index contributed by atoms with van der Waals surface area (Å²) in [5.74, 6) is -0.0604. The number of hydrogen-bond donors (Lipinski definition) is 3. The van der Waals surface area contributed by atoms with Crippen molar-refractivity contribution >= 4 is 101 Å². The zero-order valence-corrected chi connectivity index (χ0v) is 50.3. The smallest absolute Gasteiger partial charge is 0.423 e. The number of carbonyl (C=O) groups excluding carboxylic acids is 2. The number of allylic oxidation sites excluding steroid dienone is 6. The Kier molecular flexibility index (Phi) is 18.2. The average Bonchev–Trinajstić information content (AvgIpc) is 2.79. The van der Waals surface area contributed by atoms with Crippen molar-refractivity contribution in [1.29, 1.82) is 0 Å². The molecule has 11 nitrogen and oxygen atoms in total. The topological polar surface area (TPSA) is 118 Å². The lowest BCUT2D eigenvalue weighted by Crippen LogP contribution is -2.49. The Labute approximate surface area is 486 Å². The van der Waals surface area contributed by atoms with Crippen molar-refractivity contribution in [1.82, 2.24) is 15.1 Å². The Morgan fingerprint density at radius 3 is 1.88 bits per heavy atom. The summed E-state index contributed by atoms with van der Waals surface area (Å²) >= 11 is 0. The van der Waals surface area contributed by atoms with Gasteiger partial charge < -0.3 is 29.6 Å². The largest absolute Gasteiger partial charge is 0.492 e. The molecule has 81 heavy (non-hydrogen) atoms. The van der Waals surface area contributed by atoms with E-state index in [4.69, 9.17) is 9.31 Å². The third kappa shape index (κ3) is 12.2. The summed E-state index contributed by atoms with van der Waals surface area (Å²) in [6.45, 7) is 21.2. The van der Waals surface area contributed by atoms with E-state index in [9.17, 15) is 19.6 Å². The van der Waals surface area contributed by atoms with Crippen LogP contribution in [0, 0.1) is 0 Å². The Morgan fingerprint density at radius 1 is 0.704 bits per heavy atom. The Morgan fingerprint density at radius 2 is 1.30 bits per heavy atom. The van der Waals surface area contributed by atoms with E-state index < -0.39 is 22.3 Å². The molecule has 0 atom stereocenters. The molecular formula is C66H77B2ClN5O6Si+. The van der Waals surface area contributed by atoms with Crippen LogP contribution in [0.2, 0.25) is 13.1 Å². The number of unbranched alkanes of at least 4 members (excludes halogenated alkanes) is 1. The van der Waals surface area contributed by atoms with Gasteiger partial charge in [0.25, 0.3) is 0 Å². The predicted octanol–water partition coefficient (Wildman–Crippen LogP) is 8.80. The standard InChI is InChI=1S/C66H75B2N5O6Si.ClH/c1-43(2)60(74)24-13-14-32-72(37-46-18-15-20-48-41-78-67(76)64(46)48)40-59-53-23-12-11-22-52(53)58(39-73(33-17-31-69-66(75)44(3)4)38-47-19-16-21-49-42-79-68(77)65(47)49)54-28-25-45(34-57(54)59)63-55-29-26-50(70(5)6)35-61(55)80(9,10)62-36-51(71(7)8)27-30-56(62)63;/h11-12,15-16,18-23,25-30,34-36,76-77H,1,3,13-14,17,24,31-33,37-42H2,2,4-10H3;1H/p+1. The van der Waals surface area contributed by atoms with E-state index in [0.29, 0.717) is 83.0 Å². The van der Waals surface area contributed by atoms with Crippen LogP contribution in [0.25, 0.3) is 27.1 Å². The first-order chi connectivity index (χ1) is 38.4. The third-order valence-electron chi connectivity index (χ3n) is 16.8. The van der Waals surface area contributed by atoms with Gasteiger partial charge in [-0.15, -0.1) is 12.4 Å². The maximum Gasteiger partial charge on any atom is 0.492 e. The van der Waals surface area contributed by atoms with E-state index in [0.717, 1.165) is 73.1 Å². The highest BCUT2D eigenvalue weighted by Crippen LogP contribution is 2.44. The van der Waals surface area contributed by atoms with Gasteiger partial charge in [0, 0.05) is 83.2 Å². The van der Waals surface area contributed by atoms with Crippen molar-refractivity contribution in [2.24, 2.45) is 0 Å². The number of nitrogens with one attached hydrogen (secondary N) is 1. The number of rotatable bonds is 21. The molecule has 0 aromatic heterocycles. The molecule has 3 N–H and O–H groups in total. The van der Waals surface area contributed by atoms with Crippen LogP contribution in [0.15, 0.2) is 150 Å². The van der Waals surface area contributed by atoms with E-state index in [1.165, 1.54) is 49.6 Å². The fourth-order valence-electron chi connectivity index (χ4n) is 12.4. The SMILES string of the molecule is C=C(C)C(=O)CCCCN(Cc1cccc2c1B(O)OC2)Cc1c2ccccc2c(CN(CCCNC(=O)C(=C)C)Cc2cccc3c2B(O)OC3)c2ccc(C3=C4C=CC(=[N+](C)C)C=C4[Si](C)(C)c4cc(N(C)C)ccc43)cc12.Cl. The quantitative estimate of drug-likeness (QED) is 0.0214. The van der Waals surface area contributed by atoms with Crippen LogP contribution in [0.1, 0.15) is 84.0 Å². The summed E-state index contributed by atoms with van der Waals surface area (Å²) in [6, 6.07) is 35.4. The van der Waals surface area contributed by atoms with Crippen LogP contribution in [-0.2, 0) is 58.3 Å². The van der Waals surface area contributed by atoms with Gasteiger partial charge in [0.15, 0.2) is 11.5 Å². The molecule has 6 aromatic rings. The second-order valence-electron chi connectivity index (χ2n) is 23.3. The number of halogens is 1. The summed E-state index contributed by atoms with van der Waals surface area (Å²) in [5.41, 5.74) is 16.5. The number of benzene rings is 6. The highest BCUT2D eigenvalue weighted by Gasteiger charge is 2.41. The second kappa shape index (κ2) is 25.0. The van der Waals surface area contributed by atoms with E-state index in [-0.39, 0.29) is 24.1 Å². The van der Waals surface area contributed by atoms with Gasteiger partial charge in [-0.1, -0.05) is 105 Å². The molecule has 0 saturated carbocycles. The maximum atomic E-state index is 12.9. The van der Waals surface area contributed by atoms with Crippen molar-refractivity contribution in [3.8, 4) is 0 Å². The van der Waals surface area contributed by atoms with Crippen LogP contribution in [-0.4, -0.2) is 112 Å². The molecule has 0 saturated heterocycles. The van der Waals surface area contributed by atoms with Crippen molar-refractivity contribution in [3.05, 3.63) is 195 Å². The fourth-order valence-corrected chi connectivity index (χ4v) is 15.5. The van der Waals surface area contributed by atoms with E-state index in [1.807, 2.05) is 12.1 Å². The Hall–Kier alpha value is -6.45. The number of fused-ring (bicyclic) bond motifs is 6. The van der Waals surface area contributed by atoms with Crippen LogP contribution in [0.5, 0.6) is 0 Å². The van der Waals surface area contributed by atoms with E-state index in [2.05, 4.69) is 182 Å². The number of anilines is 1. The van der Waals surface area contributed by atoms with Gasteiger partial charge in [0.2, 0.25) is 5.91 Å². The molecule has 0 fully saturated rings. The van der Waals surface area contributed by atoms with Crippen LogP contribution >= 0.6 is 12.4 Å². The Balaban J connectivity index is 0.00000792. The monoisotopic (exact) mass is 1120 g/mol. The zero-order chi connectivity index (χ0) is 56.6. The molecule has 15 heteroatoms. The first-order valence-electron chi connectivity index (χ1n) is 28.2. The summed E-state index contributed by atoms with van der Waals surface area (Å²) in [5, 5.41) is 32.9. The van der Waals surface area contributed by atoms with Crippen LogP contribution in [0.4, 0.5) is 5.69 Å². The van der Waals surface area contributed by atoms with E-state index in [1.54, 1.807) is 13.8 Å². The lowest BCUT2D eigenvalue weighted by molar-refractivity contribution is -0.462. The number of carbonyl (C=O) groups is 2.